The lowest BCUT2D eigenvalue weighted by molar-refractivity contribution is -0.0430. The maximum Gasteiger partial charge on any atom is 0.263 e. The minimum Gasteiger partial charge on any atom is -0.394 e. The molecule has 2 aromatic heterocycles. The Labute approximate surface area is 277 Å². The van der Waals surface area contributed by atoms with E-state index in [-0.39, 0.29) is 48.2 Å². The lowest BCUT2D eigenvalue weighted by Crippen LogP contribution is -2.24. The van der Waals surface area contributed by atoms with Gasteiger partial charge in [-0.15, -0.1) is 11.6 Å². The zero-order valence-electron chi connectivity index (χ0n) is 26.2. The Bertz CT molecular complexity index is 1600. The maximum atomic E-state index is 12.7. The van der Waals surface area contributed by atoms with Crippen LogP contribution in [0, 0.1) is 11.8 Å². The lowest BCUT2D eigenvalue weighted by atomic mass is 10.0. The number of aromatic nitrogens is 3. The van der Waals surface area contributed by atoms with Gasteiger partial charge in [-0.1, -0.05) is 36.8 Å². The van der Waals surface area contributed by atoms with E-state index in [0.29, 0.717) is 61.8 Å². The highest BCUT2D eigenvalue weighted by atomic mass is 35.5. The predicted octanol–water partition coefficient (Wildman–Crippen LogP) is 2.52. The van der Waals surface area contributed by atoms with Gasteiger partial charge in [0.25, 0.3) is 11.5 Å². The van der Waals surface area contributed by atoms with Gasteiger partial charge in [0.05, 0.1) is 43.4 Å². The molecular formula is C33H42ClN5O8. The summed E-state index contributed by atoms with van der Waals surface area (Å²) in [6.07, 6.45) is 4.62. The fourth-order valence-corrected chi connectivity index (χ4v) is 5.35. The number of rotatable bonds is 18. The Balaban J connectivity index is 1.22. The molecule has 4 rings (SSSR count). The zero-order chi connectivity index (χ0) is 33.6. The third-order valence-corrected chi connectivity index (χ3v) is 7.93. The topological polar surface area (TPSA) is 191 Å². The van der Waals surface area contributed by atoms with Gasteiger partial charge in [-0.2, -0.15) is 4.98 Å². The van der Waals surface area contributed by atoms with E-state index in [1.165, 1.54) is 0 Å². The number of nitrogen functional groups attached to an aromatic ring is 1. The molecule has 3 aromatic rings. The largest absolute Gasteiger partial charge is 0.394 e. The van der Waals surface area contributed by atoms with E-state index >= 15 is 0 Å². The molecule has 3 atom stereocenters. The zero-order valence-corrected chi connectivity index (χ0v) is 27.0. The molecule has 0 aliphatic carbocycles. The highest BCUT2D eigenvalue weighted by molar-refractivity contribution is 6.17. The second-order valence-corrected chi connectivity index (χ2v) is 11.5. The Kier molecular flexibility index (Phi) is 14.2. The highest BCUT2D eigenvalue weighted by Gasteiger charge is 2.35. The van der Waals surface area contributed by atoms with Gasteiger partial charge in [-0.25, -0.2) is 0 Å². The molecule has 1 aliphatic rings. The van der Waals surface area contributed by atoms with Crippen LogP contribution in [-0.2, 0) is 14.2 Å². The number of benzene rings is 1. The van der Waals surface area contributed by atoms with Crippen LogP contribution in [-0.4, -0.2) is 94.1 Å². The summed E-state index contributed by atoms with van der Waals surface area (Å²) < 4.78 is 18.4. The maximum absolute atomic E-state index is 12.7. The third-order valence-electron chi connectivity index (χ3n) is 7.66. The number of nitrogens with zero attached hydrogens (tertiary/aromatic N) is 2. The average molecular weight is 672 g/mol. The number of H-pyrrole nitrogens is 1. The number of aliphatic hydroxyl groups is 2. The predicted molar refractivity (Wildman–Crippen MR) is 176 cm³/mol. The van der Waals surface area contributed by atoms with E-state index in [0.717, 1.165) is 25.7 Å². The summed E-state index contributed by atoms with van der Waals surface area (Å²) in [5.74, 6) is 5.93. The number of hydrogen-bond acceptors (Lipinski definition) is 10. The summed E-state index contributed by atoms with van der Waals surface area (Å²) in [4.78, 5) is 44.6. The van der Waals surface area contributed by atoms with Gasteiger partial charge in [-0.05, 0) is 31.4 Å². The van der Waals surface area contributed by atoms with Gasteiger partial charge in [0, 0.05) is 49.3 Å². The lowest BCUT2D eigenvalue weighted by Gasteiger charge is -2.14. The monoisotopic (exact) mass is 671 g/mol. The first-order chi connectivity index (χ1) is 22.8. The number of ether oxygens (including phenoxy) is 3. The molecule has 6 N–H and O–H groups in total. The second kappa shape index (κ2) is 18.5. The van der Waals surface area contributed by atoms with Crippen LogP contribution in [0.1, 0.15) is 77.5 Å². The standard InChI is InChI=1S/C33H42ClN5O8/c34-13-3-1-2-4-15-45-17-18-46-16-6-8-25(41)22-9-11-23(12-10-22)31(43)36-14-5-7-24-20-39(28-19-26(42)27(21-40)47-28)30-29(24)32(44)38-33(35)37-30/h9-12,20,26-28,40,42H,1-4,6,8,13-19,21H2,(H,36,43)(H3,35,37,38,44)/t26-,27+,28+/m1/s1. The van der Waals surface area contributed by atoms with Crippen LogP contribution in [0.15, 0.2) is 35.3 Å². The van der Waals surface area contributed by atoms with E-state index < -0.39 is 24.0 Å². The number of fused-ring (bicyclic) bond motifs is 1. The average Bonchev–Trinajstić information content (AvgIpc) is 3.63. The quantitative estimate of drug-likeness (QED) is 0.0581. The molecule has 1 amide bonds. The fourth-order valence-electron chi connectivity index (χ4n) is 5.16. The van der Waals surface area contributed by atoms with Crippen LogP contribution >= 0.6 is 11.6 Å². The molecular weight excluding hydrogens is 630 g/mol. The number of hydrogen-bond donors (Lipinski definition) is 5. The van der Waals surface area contributed by atoms with Crippen molar-refractivity contribution in [3.05, 3.63) is 57.5 Å². The van der Waals surface area contributed by atoms with Gasteiger partial charge in [-0.3, -0.25) is 19.4 Å². The molecule has 1 saturated heterocycles. The Morgan fingerprint density at radius 1 is 1.09 bits per heavy atom. The van der Waals surface area contributed by atoms with Gasteiger partial charge in [0.2, 0.25) is 5.95 Å². The van der Waals surface area contributed by atoms with Crippen molar-refractivity contribution in [2.24, 2.45) is 0 Å². The van der Waals surface area contributed by atoms with Gasteiger partial charge in [0.1, 0.15) is 12.3 Å². The molecule has 0 unspecified atom stereocenters. The molecule has 47 heavy (non-hydrogen) atoms. The second-order valence-electron chi connectivity index (χ2n) is 11.1. The number of Topliss-reactive ketones (excluding diaryl/α,β-unsaturated/α-hetero) is 1. The van der Waals surface area contributed by atoms with Gasteiger partial charge in [0.15, 0.2) is 11.4 Å². The summed E-state index contributed by atoms with van der Waals surface area (Å²) in [6, 6.07) is 6.40. The molecule has 254 valence electrons. The number of carbonyl (C=O) groups is 2. The van der Waals surface area contributed by atoms with Gasteiger partial charge >= 0.3 is 0 Å². The van der Waals surface area contributed by atoms with E-state index in [9.17, 15) is 24.6 Å². The number of anilines is 1. The normalized spacial score (nSPS) is 17.5. The Hall–Kier alpha value is -3.77. The third kappa shape index (κ3) is 10.4. The van der Waals surface area contributed by atoms with Crippen LogP contribution < -0.4 is 16.6 Å². The molecule has 0 bridgehead atoms. The fraction of sp³-hybridized carbons (Fsp3) is 0.515. The number of ketones is 1. The summed E-state index contributed by atoms with van der Waals surface area (Å²) in [5.41, 5.74) is 6.70. The van der Waals surface area contributed by atoms with Crippen molar-refractivity contribution in [3.8, 4) is 11.8 Å². The van der Waals surface area contributed by atoms with Crippen molar-refractivity contribution in [2.75, 3.05) is 51.2 Å². The number of nitrogens with two attached hydrogens (primary N) is 1. The van der Waals surface area contributed by atoms with Crippen LogP contribution in [0.5, 0.6) is 0 Å². The molecule has 0 spiro atoms. The smallest absolute Gasteiger partial charge is 0.263 e. The first-order valence-electron chi connectivity index (χ1n) is 15.8. The number of amides is 1. The van der Waals surface area contributed by atoms with Gasteiger partial charge < -0.3 is 40.0 Å². The van der Waals surface area contributed by atoms with Crippen molar-refractivity contribution in [1.29, 1.82) is 0 Å². The molecule has 0 radical (unpaired) electrons. The first-order valence-corrected chi connectivity index (χ1v) is 16.3. The number of carbonyl (C=O) groups excluding carboxylic acids is 2. The molecule has 0 saturated carbocycles. The Morgan fingerprint density at radius 3 is 2.49 bits per heavy atom. The summed E-state index contributed by atoms with van der Waals surface area (Å²) in [5, 5.41) is 22.5. The van der Waals surface area contributed by atoms with Crippen LogP contribution in [0.3, 0.4) is 0 Å². The summed E-state index contributed by atoms with van der Waals surface area (Å²) in [6.45, 7) is 1.83. The van der Waals surface area contributed by atoms with Crippen LogP contribution in [0.4, 0.5) is 5.95 Å². The molecule has 13 nitrogen and oxygen atoms in total. The summed E-state index contributed by atoms with van der Waals surface area (Å²) >= 11 is 5.66. The Morgan fingerprint density at radius 2 is 1.79 bits per heavy atom. The van der Waals surface area contributed by atoms with E-state index in [2.05, 4.69) is 27.1 Å². The van der Waals surface area contributed by atoms with E-state index in [1.807, 2.05) is 0 Å². The molecule has 1 aliphatic heterocycles. The molecule has 14 heteroatoms. The van der Waals surface area contributed by atoms with E-state index in [4.69, 9.17) is 31.5 Å². The number of halogens is 1. The SMILES string of the molecule is Nc1nc2c(c(C#CCNC(=O)c3ccc(C(=O)CCCOCCOCCCCCCCl)cc3)cn2[C@@H]2C[C@@H](O)[C@H](CO)O2)c(=O)[nH]1. The highest BCUT2D eigenvalue weighted by Crippen LogP contribution is 2.32. The first kappa shape index (κ1) is 36.1. The van der Waals surface area contributed by atoms with Crippen molar-refractivity contribution >= 4 is 40.3 Å². The van der Waals surface area contributed by atoms with Crippen molar-refractivity contribution < 1.29 is 34.0 Å². The van der Waals surface area contributed by atoms with Crippen molar-refractivity contribution in [1.82, 2.24) is 19.9 Å². The van der Waals surface area contributed by atoms with Crippen molar-refractivity contribution in [2.45, 2.75) is 63.4 Å². The van der Waals surface area contributed by atoms with Crippen LogP contribution in [0.25, 0.3) is 11.0 Å². The molecule has 3 heterocycles. The van der Waals surface area contributed by atoms with E-state index in [1.54, 1.807) is 35.0 Å². The van der Waals surface area contributed by atoms with Crippen molar-refractivity contribution in [3.63, 3.8) is 0 Å². The molecule has 1 aromatic carbocycles. The minimum atomic E-state index is -0.888. The van der Waals surface area contributed by atoms with Crippen LogP contribution in [0.2, 0.25) is 0 Å². The number of aromatic amines is 1. The number of alkyl halides is 1. The molecule has 1 fully saturated rings. The number of nitrogens with one attached hydrogen (secondary N) is 2. The number of unbranched alkanes of at least 4 members (excludes halogenated alkanes) is 3. The summed E-state index contributed by atoms with van der Waals surface area (Å²) in [7, 11) is 0. The number of aliphatic hydroxyl groups excluding tert-OH is 2. The minimum absolute atomic E-state index is 0.0165.